The van der Waals surface area contributed by atoms with E-state index in [1.165, 1.54) is 0 Å². The average Bonchev–Trinajstić information content (AvgIpc) is 2.64. The molecule has 7 heteroatoms. The molecule has 0 fully saturated rings. The summed E-state index contributed by atoms with van der Waals surface area (Å²) in [6.45, 7) is 2.32. The molecule has 146 valence electrons. The van der Waals surface area contributed by atoms with Gasteiger partial charge < -0.3 is 10.1 Å². The minimum absolute atomic E-state index is 0.292. The highest BCUT2D eigenvalue weighted by Crippen LogP contribution is 2.33. The van der Waals surface area contributed by atoms with E-state index >= 15 is 0 Å². The van der Waals surface area contributed by atoms with Crippen molar-refractivity contribution < 1.29 is 17.9 Å². The Labute approximate surface area is 161 Å². The second kappa shape index (κ2) is 9.97. The van der Waals surface area contributed by atoms with Crippen LogP contribution >= 0.6 is 0 Å². The first-order valence-corrected chi connectivity index (χ1v) is 10.8. The molecule has 27 heavy (non-hydrogen) atoms. The maximum atomic E-state index is 12.3. The van der Waals surface area contributed by atoms with Crippen LogP contribution in [0.4, 0.5) is 5.69 Å². The van der Waals surface area contributed by atoms with Crippen LogP contribution in [0.25, 0.3) is 0 Å². The van der Waals surface area contributed by atoms with Crippen molar-refractivity contribution in [2.75, 3.05) is 23.7 Å². The van der Waals surface area contributed by atoms with Gasteiger partial charge in [-0.25, -0.2) is 8.42 Å². The van der Waals surface area contributed by atoms with E-state index in [2.05, 4.69) is 12.2 Å². The van der Waals surface area contributed by atoms with Crippen LogP contribution < -0.4 is 14.4 Å². The number of hydrogen-bond acceptors (Lipinski definition) is 4. The number of anilines is 1. The molecule has 1 N–H and O–H groups in total. The van der Waals surface area contributed by atoms with Crippen molar-refractivity contribution in [1.29, 1.82) is 0 Å². The summed E-state index contributed by atoms with van der Waals surface area (Å²) in [6.07, 6.45) is 4.02. The summed E-state index contributed by atoms with van der Waals surface area (Å²) in [5.41, 5.74) is 0.326. The number of carbonyl (C=O) groups excluding carboxylic acids is 1. The van der Waals surface area contributed by atoms with Crippen LogP contribution in [0.15, 0.2) is 54.6 Å². The third kappa shape index (κ3) is 6.60. The van der Waals surface area contributed by atoms with Crippen LogP contribution in [0.3, 0.4) is 0 Å². The maximum Gasteiger partial charge on any atom is 0.240 e. The van der Waals surface area contributed by atoms with Gasteiger partial charge in [0, 0.05) is 6.54 Å². The molecule has 0 saturated heterocycles. The topological polar surface area (TPSA) is 75.7 Å². The second-order valence-corrected chi connectivity index (χ2v) is 8.12. The van der Waals surface area contributed by atoms with Crippen LogP contribution in [-0.4, -0.2) is 33.7 Å². The van der Waals surface area contributed by atoms with Crippen LogP contribution in [0, 0.1) is 0 Å². The lowest BCUT2D eigenvalue weighted by molar-refractivity contribution is -0.119. The molecule has 2 rings (SSSR count). The number of unbranched alkanes of at least 4 members (excludes halogenated alkanes) is 2. The van der Waals surface area contributed by atoms with Gasteiger partial charge in [-0.05, 0) is 30.7 Å². The first-order valence-electron chi connectivity index (χ1n) is 8.98. The van der Waals surface area contributed by atoms with Gasteiger partial charge >= 0.3 is 0 Å². The van der Waals surface area contributed by atoms with Crippen molar-refractivity contribution in [1.82, 2.24) is 5.32 Å². The summed E-state index contributed by atoms with van der Waals surface area (Å²) in [5.74, 6) is 0.612. The van der Waals surface area contributed by atoms with E-state index in [9.17, 15) is 13.2 Å². The molecule has 6 nitrogen and oxygen atoms in total. The molecular formula is C20H26N2O4S. The van der Waals surface area contributed by atoms with Gasteiger partial charge in [0.1, 0.15) is 12.3 Å². The van der Waals surface area contributed by atoms with Crippen molar-refractivity contribution >= 4 is 21.6 Å². The van der Waals surface area contributed by atoms with Gasteiger partial charge in [0.05, 0.1) is 11.9 Å². The number of sulfonamides is 1. The first kappa shape index (κ1) is 20.8. The highest BCUT2D eigenvalue weighted by atomic mass is 32.2. The van der Waals surface area contributed by atoms with Crippen LogP contribution in [0.5, 0.6) is 11.5 Å². The summed E-state index contributed by atoms with van der Waals surface area (Å²) in [4.78, 5) is 12.2. The number of hydrogen-bond donors (Lipinski definition) is 1. The lowest BCUT2D eigenvalue weighted by atomic mass is 10.2. The fourth-order valence-electron chi connectivity index (χ4n) is 2.54. The number of para-hydroxylation sites is 3. The third-order valence-corrected chi connectivity index (χ3v) is 5.02. The quantitative estimate of drug-likeness (QED) is 0.630. The van der Waals surface area contributed by atoms with Crippen molar-refractivity contribution in [3.63, 3.8) is 0 Å². The van der Waals surface area contributed by atoms with Gasteiger partial charge in [-0.2, -0.15) is 0 Å². The summed E-state index contributed by atoms with van der Waals surface area (Å²) < 4.78 is 31.6. The Morgan fingerprint density at radius 1 is 1.04 bits per heavy atom. The van der Waals surface area contributed by atoms with Crippen LogP contribution in [0.1, 0.15) is 26.2 Å². The minimum atomic E-state index is -3.67. The van der Waals surface area contributed by atoms with Gasteiger partial charge in [0.25, 0.3) is 0 Å². The zero-order valence-corrected chi connectivity index (χ0v) is 16.5. The van der Waals surface area contributed by atoms with E-state index in [0.717, 1.165) is 29.8 Å². The van der Waals surface area contributed by atoms with E-state index in [-0.39, 0.29) is 12.5 Å². The Hall–Kier alpha value is -2.54. The number of amides is 1. The molecule has 0 atom stereocenters. The monoisotopic (exact) mass is 390 g/mol. The van der Waals surface area contributed by atoms with Crippen LogP contribution in [-0.2, 0) is 14.8 Å². The standard InChI is InChI=1S/C20H26N2O4S/c1-3-4-10-15-21-20(23)16-22(27(2,24)25)18-13-8-9-14-19(18)26-17-11-6-5-7-12-17/h5-9,11-14H,3-4,10,15-16H2,1-2H3,(H,21,23). The Balaban J connectivity index is 2.21. The molecule has 0 aliphatic carbocycles. The van der Waals surface area contributed by atoms with E-state index in [0.29, 0.717) is 23.7 Å². The zero-order chi connectivity index (χ0) is 19.7. The number of benzene rings is 2. The molecule has 0 aliphatic rings. The van der Waals surface area contributed by atoms with E-state index < -0.39 is 10.0 Å². The van der Waals surface area contributed by atoms with Gasteiger partial charge in [0.15, 0.2) is 5.75 Å². The molecule has 0 aliphatic heterocycles. The molecule has 1 amide bonds. The van der Waals surface area contributed by atoms with Gasteiger partial charge in [-0.1, -0.05) is 50.1 Å². The third-order valence-electron chi connectivity index (χ3n) is 3.90. The fraction of sp³-hybridized carbons (Fsp3) is 0.350. The molecule has 0 radical (unpaired) electrons. The average molecular weight is 391 g/mol. The minimum Gasteiger partial charge on any atom is -0.455 e. The van der Waals surface area contributed by atoms with Crippen molar-refractivity contribution in [3.8, 4) is 11.5 Å². The molecule has 2 aromatic carbocycles. The first-order chi connectivity index (χ1) is 12.9. The maximum absolute atomic E-state index is 12.3. The predicted molar refractivity (Wildman–Crippen MR) is 108 cm³/mol. The summed E-state index contributed by atoms with van der Waals surface area (Å²) >= 11 is 0. The second-order valence-electron chi connectivity index (χ2n) is 6.21. The number of nitrogens with one attached hydrogen (secondary N) is 1. The fourth-order valence-corrected chi connectivity index (χ4v) is 3.40. The molecular weight excluding hydrogens is 364 g/mol. The number of nitrogens with zero attached hydrogens (tertiary/aromatic N) is 1. The summed E-state index contributed by atoms with van der Waals surface area (Å²) in [6, 6.07) is 15.9. The molecule has 0 aromatic heterocycles. The number of carbonyl (C=O) groups is 1. The van der Waals surface area contributed by atoms with Crippen molar-refractivity contribution in [2.45, 2.75) is 26.2 Å². The summed E-state index contributed by atoms with van der Waals surface area (Å²) in [5, 5.41) is 2.77. The Kier molecular flexibility index (Phi) is 7.67. The van der Waals surface area contributed by atoms with E-state index in [1.54, 1.807) is 36.4 Å². The smallest absolute Gasteiger partial charge is 0.240 e. The molecule has 0 spiro atoms. The molecule has 2 aromatic rings. The number of rotatable bonds is 10. The SMILES string of the molecule is CCCCCNC(=O)CN(c1ccccc1Oc1ccccc1)S(C)(=O)=O. The molecule has 0 saturated carbocycles. The number of ether oxygens (including phenoxy) is 1. The van der Waals surface area contributed by atoms with E-state index in [4.69, 9.17) is 4.74 Å². The Morgan fingerprint density at radius 2 is 1.70 bits per heavy atom. The lowest BCUT2D eigenvalue weighted by Gasteiger charge is -2.24. The van der Waals surface area contributed by atoms with Crippen molar-refractivity contribution in [2.24, 2.45) is 0 Å². The highest BCUT2D eigenvalue weighted by molar-refractivity contribution is 7.92. The highest BCUT2D eigenvalue weighted by Gasteiger charge is 2.24. The predicted octanol–water partition coefficient (Wildman–Crippen LogP) is 3.55. The van der Waals surface area contributed by atoms with Crippen molar-refractivity contribution in [3.05, 3.63) is 54.6 Å². The Bertz CT molecular complexity index is 838. The largest absolute Gasteiger partial charge is 0.455 e. The van der Waals surface area contributed by atoms with E-state index in [1.807, 2.05) is 18.2 Å². The van der Waals surface area contributed by atoms with Gasteiger partial charge in [0.2, 0.25) is 15.9 Å². The molecule has 0 bridgehead atoms. The van der Waals surface area contributed by atoms with Gasteiger partial charge in [-0.15, -0.1) is 0 Å². The zero-order valence-electron chi connectivity index (χ0n) is 15.7. The molecule has 0 heterocycles. The lowest BCUT2D eigenvalue weighted by Crippen LogP contribution is -2.40. The Morgan fingerprint density at radius 3 is 2.37 bits per heavy atom. The molecule has 0 unspecified atom stereocenters. The normalized spacial score (nSPS) is 11.0. The summed E-state index contributed by atoms with van der Waals surface area (Å²) in [7, 11) is -3.67. The van der Waals surface area contributed by atoms with Crippen LogP contribution in [0.2, 0.25) is 0 Å². The van der Waals surface area contributed by atoms with Gasteiger partial charge in [-0.3, -0.25) is 9.10 Å².